The number of hydrogen-bond acceptors (Lipinski definition) is 5. The Morgan fingerprint density at radius 3 is 2.61 bits per heavy atom. The predicted molar refractivity (Wildman–Crippen MR) is 122 cm³/mol. The average Bonchev–Trinajstić information content (AvgIpc) is 3.43. The van der Waals surface area contributed by atoms with Crippen LogP contribution >= 0.6 is 11.6 Å². The van der Waals surface area contributed by atoms with Gasteiger partial charge < -0.3 is 9.42 Å². The number of aliphatic imine (C=N–C) groups is 1. The molecule has 1 saturated heterocycles. The van der Waals surface area contributed by atoms with E-state index in [9.17, 15) is 26.7 Å². The summed E-state index contributed by atoms with van der Waals surface area (Å²) in [5.41, 5.74) is -0.167. The van der Waals surface area contributed by atoms with Gasteiger partial charge in [0.25, 0.3) is 18.2 Å². The maximum absolute atomic E-state index is 13.5. The number of hydrogen-bond donors (Lipinski definition) is 0. The summed E-state index contributed by atoms with van der Waals surface area (Å²) in [4.78, 5) is 21.7. The third-order valence-corrected chi connectivity index (χ3v) is 6.57. The molecule has 12 heteroatoms. The van der Waals surface area contributed by atoms with Crippen LogP contribution in [-0.2, 0) is 10.2 Å². The number of likely N-dealkylation sites (tertiary alicyclic amines) is 1. The Morgan fingerprint density at radius 2 is 2.00 bits per heavy atom. The van der Waals surface area contributed by atoms with E-state index >= 15 is 0 Å². The van der Waals surface area contributed by atoms with Gasteiger partial charge in [-0.25, -0.2) is 22.0 Å². The Bertz CT molecular complexity index is 1180. The van der Waals surface area contributed by atoms with Crippen molar-refractivity contribution in [2.75, 3.05) is 19.6 Å². The number of benzene rings is 1. The fraction of sp³-hybridized carbons (Fsp3) is 0.500. The van der Waals surface area contributed by atoms with Gasteiger partial charge in [-0.2, -0.15) is 4.98 Å². The number of aromatic nitrogens is 2. The van der Waals surface area contributed by atoms with Crippen LogP contribution in [0.2, 0.25) is 5.02 Å². The van der Waals surface area contributed by atoms with E-state index in [2.05, 4.69) is 15.1 Å². The average molecular weight is 531 g/mol. The van der Waals surface area contributed by atoms with E-state index in [1.807, 2.05) is 0 Å². The lowest BCUT2D eigenvalue weighted by molar-refractivity contribution is -0.165. The maximum Gasteiger partial charge on any atom is 0.282 e. The van der Waals surface area contributed by atoms with Crippen molar-refractivity contribution < 1.29 is 31.3 Å². The number of unbranched alkanes of at least 4 members (excludes halogenated alkanes) is 1. The smallest absolute Gasteiger partial charge is 0.282 e. The molecular weight excluding hydrogens is 507 g/mol. The summed E-state index contributed by atoms with van der Waals surface area (Å²) in [5, 5.41) is 4.26. The van der Waals surface area contributed by atoms with Gasteiger partial charge >= 0.3 is 0 Å². The second-order valence-corrected chi connectivity index (χ2v) is 9.56. The monoisotopic (exact) mass is 530 g/mol. The van der Waals surface area contributed by atoms with Gasteiger partial charge in [0.2, 0.25) is 5.91 Å². The minimum Gasteiger partial charge on any atom is -0.332 e. The molecule has 0 unspecified atom stereocenters. The molecule has 2 aliphatic rings. The van der Waals surface area contributed by atoms with Crippen LogP contribution in [0.3, 0.4) is 0 Å². The molecular formula is C24H24ClF5N4O2. The standard InChI is InChI=1S/C24H24ClF5N4O2/c1-14(20(27)28)10-18(31-9-3-2-4-19(35)34-12-24(29,30)13-34)21-32-22(33-36-21)23(7-8-23)16-6-5-15(26)11-17(16)25/h5-6,10-11,20H,2-4,7-9,12-13H2,1H3/b14-10+,31-18?. The van der Waals surface area contributed by atoms with Crippen LogP contribution in [0.25, 0.3) is 0 Å². The van der Waals surface area contributed by atoms with E-state index in [1.54, 1.807) is 6.07 Å². The number of nitrogens with zero attached hydrogens (tertiary/aromatic N) is 4. The number of alkyl halides is 4. The van der Waals surface area contributed by atoms with Gasteiger partial charge in [0.1, 0.15) is 11.5 Å². The second kappa shape index (κ2) is 10.3. The van der Waals surface area contributed by atoms with E-state index in [1.165, 1.54) is 25.1 Å². The molecule has 0 N–H and O–H groups in total. The minimum atomic E-state index is -2.81. The predicted octanol–water partition coefficient (Wildman–Crippen LogP) is 5.59. The first-order valence-electron chi connectivity index (χ1n) is 11.5. The highest BCUT2D eigenvalue weighted by molar-refractivity contribution is 6.31. The van der Waals surface area contributed by atoms with Crippen molar-refractivity contribution >= 4 is 23.2 Å². The normalized spacial score (nSPS) is 18.9. The van der Waals surface area contributed by atoms with Crippen molar-refractivity contribution in [3.05, 3.63) is 58.0 Å². The van der Waals surface area contributed by atoms with Crippen LogP contribution in [0.1, 0.15) is 56.3 Å². The summed E-state index contributed by atoms with van der Waals surface area (Å²) < 4.78 is 71.0. The van der Waals surface area contributed by atoms with Crippen molar-refractivity contribution in [3.63, 3.8) is 0 Å². The molecule has 2 aromatic rings. The molecule has 0 radical (unpaired) electrons. The zero-order valence-electron chi connectivity index (χ0n) is 19.4. The molecule has 0 bridgehead atoms. The summed E-state index contributed by atoms with van der Waals surface area (Å²) >= 11 is 6.24. The van der Waals surface area contributed by atoms with E-state index < -0.39 is 36.7 Å². The number of halogens is 6. The zero-order chi connectivity index (χ0) is 26.1. The van der Waals surface area contributed by atoms with Crippen molar-refractivity contribution in [2.45, 2.75) is 56.8 Å². The van der Waals surface area contributed by atoms with E-state index in [0.717, 1.165) is 4.90 Å². The molecule has 1 aliphatic carbocycles. The molecule has 1 saturated carbocycles. The molecule has 2 fully saturated rings. The number of amides is 1. The largest absolute Gasteiger partial charge is 0.332 e. The van der Waals surface area contributed by atoms with Crippen molar-refractivity contribution in [1.82, 2.24) is 15.0 Å². The van der Waals surface area contributed by atoms with Crippen LogP contribution in [-0.4, -0.2) is 58.6 Å². The first-order chi connectivity index (χ1) is 17.0. The lowest BCUT2D eigenvalue weighted by atomic mass is 9.95. The lowest BCUT2D eigenvalue weighted by Gasteiger charge is -2.38. The summed E-state index contributed by atoms with van der Waals surface area (Å²) in [7, 11) is 0. The van der Waals surface area contributed by atoms with Crippen LogP contribution in [0.4, 0.5) is 22.0 Å². The molecule has 0 atom stereocenters. The third-order valence-electron chi connectivity index (χ3n) is 6.26. The van der Waals surface area contributed by atoms with Gasteiger partial charge in [-0.3, -0.25) is 9.79 Å². The van der Waals surface area contributed by atoms with Crippen LogP contribution < -0.4 is 0 Å². The highest BCUT2D eigenvalue weighted by Gasteiger charge is 2.51. The molecule has 1 aromatic heterocycles. The fourth-order valence-electron chi connectivity index (χ4n) is 4.03. The number of carbonyl (C=O) groups excluding carboxylic acids is 1. The summed E-state index contributed by atoms with van der Waals surface area (Å²) in [6.45, 7) is 0.310. The Balaban J connectivity index is 1.45. The van der Waals surface area contributed by atoms with Gasteiger partial charge in [0.15, 0.2) is 5.82 Å². The molecule has 2 heterocycles. The Hall–Kier alpha value is -2.82. The summed E-state index contributed by atoms with van der Waals surface area (Å²) in [5.74, 6) is -3.38. The second-order valence-electron chi connectivity index (χ2n) is 9.15. The third kappa shape index (κ3) is 5.77. The quantitative estimate of drug-likeness (QED) is 0.228. The molecule has 194 valence electrons. The molecule has 6 nitrogen and oxygen atoms in total. The lowest BCUT2D eigenvalue weighted by Crippen LogP contribution is -2.58. The molecule has 36 heavy (non-hydrogen) atoms. The molecule has 1 aromatic carbocycles. The van der Waals surface area contributed by atoms with Crippen molar-refractivity contribution in [2.24, 2.45) is 4.99 Å². The minimum absolute atomic E-state index is 0.0478. The molecule has 0 spiro atoms. The highest BCUT2D eigenvalue weighted by atomic mass is 35.5. The van der Waals surface area contributed by atoms with Crippen LogP contribution in [0.5, 0.6) is 0 Å². The van der Waals surface area contributed by atoms with Gasteiger partial charge in [-0.05, 0) is 62.0 Å². The van der Waals surface area contributed by atoms with Gasteiger partial charge in [-0.1, -0.05) is 22.8 Å². The number of allylic oxidation sites excluding steroid dienone is 2. The van der Waals surface area contributed by atoms with Gasteiger partial charge in [0, 0.05) is 18.0 Å². The maximum atomic E-state index is 13.5. The Kier molecular flexibility index (Phi) is 7.49. The van der Waals surface area contributed by atoms with Gasteiger partial charge in [-0.15, -0.1) is 0 Å². The molecule has 1 aliphatic heterocycles. The first kappa shape index (κ1) is 26.2. The molecule has 1 amide bonds. The van der Waals surface area contributed by atoms with Crippen LogP contribution in [0, 0.1) is 5.82 Å². The summed E-state index contributed by atoms with van der Waals surface area (Å²) in [6.07, 6.45) is 0.697. The SMILES string of the molecule is C/C(=C\C(=NCCCCC(=O)N1CC(F)(F)C1)c1nc(C2(c3ccc(F)cc3Cl)CC2)no1)C(F)F. The fourth-order valence-corrected chi connectivity index (χ4v) is 4.37. The van der Waals surface area contributed by atoms with E-state index in [0.29, 0.717) is 37.1 Å². The van der Waals surface area contributed by atoms with Gasteiger partial charge in [0.05, 0.1) is 18.5 Å². The first-order valence-corrected chi connectivity index (χ1v) is 11.8. The summed E-state index contributed by atoms with van der Waals surface area (Å²) in [6, 6.07) is 4.07. The Labute approximate surface area is 209 Å². The van der Waals surface area contributed by atoms with E-state index in [-0.39, 0.29) is 41.1 Å². The number of rotatable bonds is 10. The topological polar surface area (TPSA) is 71.6 Å². The number of carbonyl (C=O) groups is 1. The molecule has 4 rings (SSSR count). The van der Waals surface area contributed by atoms with Crippen molar-refractivity contribution in [1.29, 1.82) is 0 Å². The Morgan fingerprint density at radius 1 is 1.28 bits per heavy atom. The van der Waals surface area contributed by atoms with Crippen LogP contribution in [0.15, 0.2) is 39.4 Å². The van der Waals surface area contributed by atoms with E-state index in [4.69, 9.17) is 16.1 Å². The van der Waals surface area contributed by atoms with Crippen molar-refractivity contribution in [3.8, 4) is 0 Å². The highest BCUT2D eigenvalue weighted by Crippen LogP contribution is 2.54. The zero-order valence-corrected chi connectivity index (χ0v) is 20.2.